The molecule has 76 valence electrons. The first-order valence-electron chi connectivity index (χ1n) is 4.17. The van der Waals surface area contributed by atoms with Crippen molar-refractivity contribution in [2.45, 2.75) is 6.92 Å². The Morgan fingerprint density at radius 1 is 1.50 bits per heavy atom. The van der Waals surface area contributed by atoms with E-state index in [0.29, 0.717) is 10.6 Å². The van der Waals surface area contributed by atoms with E-state index >= 15 is 0 Å². The minimum Gasteiger partial charge on any atom is -0.496 e. The predicted molar refractivity (Wildman–Crippen MR) is 57.0 cm³/mol. The molecule has 0 N–H and O–H groups in total. The largest absolute Gasteiger partial charge is 0.496 e. The lowest BCUT2D eigenvalue weighted by Crippen LogP contribution is -2.25. The Bertz CT molecular complexity index is 328. The zero-order chi connectivity index (χ0) is 10.7. The van der Waals surface area contributed by atoms with Crippen molar-refractivity contribution < 1.29 is 14.3 Å². The van der Waals surface area contributed by atoms with Crippen LogP contribution < -0.4 is 0 Å². The van der Waals surface area contributed by atoms with Crippen LogP contribution in [0.1, 0.15) is 6.92 Å². The highest BCUT2D eigenvalue weighted by Crippen LogP contribution is 2.22. The van der Waals surface area contributed by atoms with Gasteiger partial charge in [-0.3, -0.25) is 4.79 Å². The van der Waals surface area contributed by atoms with Gasteiger partial charge in [-0.25, -0.2) is 0 Å². The monoisotopic (exact) mass is 212 g/mol. The second-order valence-corrected chi connectivity index (χ2v) is 3.36. The molecule has 0 saturated carbocycles. The van der Waals surface area contributed by atoms with Crippen LogP contribution in [0.4, 0.5) is 0 Å². The Labute approximate surface area is 88.4 Å². The van der Waals surface area contributed by atoms with Gasteiger partial charge in [0.25, 0.3) is 0 Å². The molecular weight excluding hydrogens is 200 g/mol. The molecule has 0 bridgehead atoms. The van der Waals surface area contributed by atoms with E-state index in [9.17, 15) is 4.79 Å². The van der Waals surface area contributed by atoms with Gasteiger partial charge in [0.15, 0.2) is 0 Å². The van der Waals surface area contributed by atoms with E-state index in [1.54, 1.807) is 19.3 Å². The molecule has 1 atom stereocenters. The Morgan fingerprint density at radius 2 is 2.14 bits per heavy atom. The second-order valence-electron chi connectivity index (χ2n) is 2.92. The summed E-state index contributed by atoms with van der Waals surface area (Å²) in [5.41, 5.74) is 0.820. The number of ether oxygens (including phenoxy) is 2. The van der Waals surface area contributed by atoms with Crippen molar-refractivity contribution in [2.24, 2.45) is 5.92 Å². The van der Waals surface area contributed by atoms with Gasteiger partial charge in [-0.05, 0) is 13.0 Å². The molecule has 0 aromatic rings. The minimum absolute atomic E-state index is 0.333. The minimum atomic E-state index is -0.450. The average molecular weight is 212 g/mol. The number of hydrogen-bond acceptors (Lipinski definition) is 4. The predicted octanol–water partition coefficient (Wildman–Crippen LogP) is 1.64. The van der Waals surface area contributed by atoms with Crippen LogP contribution in [0.25, 0.3) is 0 Å². The van der Waals surface area contributed by atoms with E-state index in [4.69, 9.17) is 17.0 Å². The van der Waals surface area contributed by atoms with Crippen molar-refractivity contribution in [1.29, 1.82) is 0 Å². The zero-order valence-electron chi connectivity index (χ0n) is 8.37. The van der Waals surface area contributed by atoms with E-state index in [1.807, 2.05) is 6.92 Å². The van der Waals surface area contributed by atoms with Gasteiger partial charge in [-0.1, -0.05) is 18.3 Å². The normalized spacial score (nSPS) is 21.1. The number of carbonyl (C=O) groups excluding carboxylic acids is 1. The maximum atomic E-state index is 11.3. The molecule has 0 spiro atoms. The maximum absolute atomic E-state index is 11.3. The van der Waals surface area contributed by atoms with Gasteiger partial charge in [0.1, 0.15) is 11.7 Å². The smallest absolute Gasteiger partial charge is 0.317 e. The van der Waals surface area contributed by atoms with Gasteiger partial charge in [0, 0.05) is 10.4 Å². The first-order chi connectivity index (χ1) is 6.61. The first-order valence-corrected chi connectivity index (χ1v) is 4.57. The van der Waals surface area contributed by atoms with Crippen LogP contribution in [0.15, 0.2) is 23.5 Å². The van der Waals surface area contributed by atoms with Crippen LogP contribution >= 0.6 is 12.2 Å². The quantitative estimate of drug-likeness (QED) is 0.515. The van der Waals surface area contributed by atoms with Gasteiger partial charge in [0.2, 0.25) is 0 Å². The van der Waals surface area contributed by atoms with Gasteiger partial charge in [-0.2, -0.15) is 0 Å². The molecule has 1 aliphatic rings. The molecule has 0 aliphatic heterocycles. The van der Waals surface area contributed by atoms with Gasteiger partial charge in [0.05, 0.1) is 14.2 Å². The number of methoxy groups -OCH3 is 2. The van der Waals surface area contributed by atoms with Crippen LogP contribution in [0.5, 0.6) is 0 Å². The zero-order valence-corrected chi connectivity index (χ0v) is 9.18. The Morgan fingerprint density at radius 3 is 2.64 bits per heavy atom. The van der Waals surface area contributed by atoms with Gasteiger partial charge < -0.3 is 9.47 Å². The molecule has 0 saturated heterocycles. The average Bonchev–Trinajstić information content (AvgIpc) is 2.21. The number of hydrogen-bond donors (Lipinski definition) is 0. The summed E-state index contributed by atoms with van der Waals surface area (Å²) in [5.74, 6) is -0.0789. The van der Waals surface area contributed by atoms with Gasteiger partial charge >= 0.3 is 5.97 Å². The summed E-state index contributed by atoms with van der Waals surface area (Å²) in [7, 11) is 2.92. The van der Waals surface area contributed by atoms with Crippen molar-refractivity contribution >= 4 is 23.1 Å². The van der Waals surface area contributed by atoms with Crippen LogP contribution in [-0.2, 0) is 14.3 Å². The Kier molecular flexibility index (Phi) is 3.41. The highest BCUT2D eigenvalue weighted by Gasteiger charge is 2.26. The molecule has 1 aliphatic carbocycles. The Hall–Kier alpha value is -1.16. The molecule has 14 heavy (non-hydrogen) atoms. The van der Waals surface area contributed by atoms with Crippen molar-refractivity contribution in [3.8, 4) is 0 Å². The number of esters is 1. The lowest BCUT2D eigenvalue weighted by atomic mass is 9.94. The standard InChI is InChI=1S/C10H12O3S/c1-6-8(12-2)5-4-7(9(6)14)10(11)13-3/h4-5,7H,1-3H3. The van der Waals surface area contributed by atoms with E-state index in [-0.39, 0.29) is 5.97 Å². The highest BCUT2D eigenvalue weighted by atomic mass is 32.1. The number of thiocarbonyl (C=S) groups is 1. The molecule has 0 radical (unpaired) electrons. The molecule has 0 amide bonds. The molecule has 1 unspecified atom stereocenters. The van der Waals surface area contributed by atoms with Crippen molar-refractivity contribution in [2.75, 3.05) is 14.2 Å². The lowest BCUT2D eigenvalue weighted by Gasteiger charge is -2.18. The molecule has 0 aromatic carbocycles. The number of allylic oxidation sites excluding steroid dienone is 2. The molecule has 1 rings (SSSR count). The highest BCUT2D eigenvalue weighted by molar-refractivity contribution is 7.81. The van der Waals surface area contributed by atoms with E-state index < -0.39 is 5.92 Å². The SMILES string of the molecule is COC(=O)C1C=CC(OC)=C(C)C1=S. The first kappa shape index (κ1) is 10.9. The summed E-state index contributed by atoms with van der Waals surface area (Å²) in [6.07, 6.45) is 3.44. The third-order valence-electron chi connectivity index (χ3n) is 2.14. The fraction of sp³-hybridized carbons (Fsp3) is 0.400. The van der Waals surface area contributed by atoms with Crippen molar-refractivity contribution in [1.82, 2.24) is 0 Å². The van der Waals surface area contributed by atoms with Gasteiger partial charge in [-0.15, -0.1) is 0 Å². The summed E-state index contributed by atoms with van der Waals surface area (Å²) in [4.78, 5) is 11.9. The van der Waals surface area contributed by atoms with E-state index in [1.165, 1.54) is 7.11 Å². The lowest BCUT2D eigenvalue weighted by molar-refractivity contribution is -0.141. The summed E-state index contributed by atoms with van der Waals surface area (Å²) in [6, 6.07) is 0. The van der Waals surface area contributed by atoms with Crippen molar-refractivity contribution in [3.63, 3.8) is 0 Å². The molecule has 0 heterocycles. The van der Waals surface area contributed by atoms with E-state index in [2.05, 4.69) is 4.74 Å². The fourth-order valence-electron chi connectivity index (χ4n) is 1.28. The molecule has 4 heteroatoms. The van der Waals surface area contributed by atoms with Crippen LogP contribution in [-0.4, -0.2) is 25.1 Å². The van der Waals surface area contributed by atoms with Crippen LogP contribution in [0.2, 0.25) is 0 Å². The number of rotatable bonds is 2. The topological polar surface area (TPSA) is 35.5 Å². The van der Waals surface area contributed by atoms with Crippen LogP contribution in [0.3, 0.4) is 0 Å². The molecule has 3 nitrogen and oxygen atoms in total. The summed E-state index contributed by atoms with van der Waals surface area (Å²) >= 11 is 5.15. The number of carbonyl (C=O) groups is 1. The summed E-state index contributed by atoms with van der Waals surface area (Å²) in [6.45, 7) is 1.83. The third-order valence-corrected chi connectivity index (χ3v) is 2.70. The molecular formula is C10H12O3S. The Balaban J connectivity index is 2.94. The summed E-state index contributed by atoms with van der Waals surface area (Å²) in [5, 5.41) is 0. The fourth-order valence-corrected chi connectivity index (χ4v) is 1.56. The third kappa shape index (κ3) is 1.85. The second kappa shape index (κ2) is 4.37. The van der Waals surface area contributed by atoms with Crippen molar-refractivity contribution in [3.05, 3.63) is 23.5 Å². The van der Waals surface area contributed by atoms with E-state index in [0.717, 1.165) is 5.57 Å². The summed E-state index contributed by atoms with van der Waals surface area (Å²) < 4.78 is 9.72. The maximum Gasteiger partial charge on any atom is 0.317 e. The molecule has 0 aromatic heterocycles. The molecule has 0 fully saturated rings. The van der Waals surface area contributed by atoms with Crippen LogP contribution in [0, 0.1) is 5.92 Å².